The maximum atomic E-state index is 12.1. The smallest absolute Gasteiger partial charge is 0.354 e. The minimum atomic E-state index is -0.239. The van der Waals surface area contributed by atoms with Crippen molar-refractivity contribution in [2.24, 2.45) is 5.92 Å². The SMILES string of the molecule is CCOC(=O)c1cc2cc(C)ccc2n1CC(C)C. The molecule has 1 aromatic heterocycles. The summed E-state index contributed by atoms with van der Waals surface area (Å²) in [7, 11) is 0. The molecule has 0 aliphatic heterocycles. The molecule has 0 N–H and O–H groups in total. The third-order valence-corrected chi connectivity index (χ3v) is 3.09. The fraction of sp³-hybridized carbons (Fsp3) is 0.438. The van der Waals surface area contributed by atoms with Crippen LogP contribution >= 0.6 is 0 Å². The molecule has 0 amide bonds. The molecule has 2 aromatic rings. The van der Waals surface area contributed by atoms with Crippen LogP contribution in [0.5, 0.6) is 0 Å². The van der Waals surface area contributed by atoms with Crippen molar-refractivity contribution in [3.63, 3.8) is 0 Å². The highest BCUT2D eigenvalue weighted by Gasteiger charge is 2.17. The van der Waals surface area contributed by atoms with Gasteiger partial charge in [0, 0.05) is 17.4 Å². The average molecular weight is 259 g/mol. The van der Waals surface area contributed by atoms with Crippen LogP contribution < -0.4 is 0 Å². The molecule has 19 heavy (non-hydrogen) atoms. The molecular formula is C16H21NO2. The Morgan fingerprint density at radius 1 is 1.32 bits per heavy atom. The number of hydrogen-bond donors (Lipinski definition) is 0. The lowest BCUT2D eigenvalue weighted by molar-refractivity contribution is 0.0513. The zero-order chi connectivity index (χ0) is 14.0. The first-order valence-electron chi connectivity index (χ1n) is 6.80. The lowest BCUT2D eigenvalue weighted by Gasteiger charge is -2.12. The number of fused-ring (bicyclic) bond motifs is 1. The number of nitrogens with zero attached hydrogens (tertiary/aromatic N) is 1. The number of aryl methyl sites for hydroxylation is 1. The van der Waals surface area contributed by atoms with Crippen molar-refractivity contribution in [1.29, 1.82) is 0 Å². The Morgan fingerprint density at radius 2 is 2.05 bits per heavy atom. The summed E-state index contributed by atoms with van der Waals surface area (Å²) in [5.74, 6) is 0.238. The van der Waals surface area contributed by atoms with Crippen molar-refractivity contribution >= 4 is 16.9 Å². The van der Waals surface area contributed by atoms with E-state index in [9.17, 15) is 4.79 Å². The Hall–Kier alpha value is -1.77. The molecule has 0 bridgehead atoms. The van der Waals surface area contributed by atoms with Crippen LogP contribution in [0, 0.1) is 12.8 Å². The van der Waals surface area contributed by atoms with Crippen LogP contribution in [0.3, 0.4) is 0 Å². The number of carbonyl (C=O) groups excluding carboxylic acids is 1. The Kier molecular flexibility index (Phi) is 3.93. The summed E-state index contributed by atoms with van der Waals surface area (Å²) in [6.07, 6.45) is 0. The van der Waals surface area contributed by atoms with Gasteiger partial charge in [-0.2, -0.15) is 0 Å². The Labute approximate surface area is 114 Å². The number of ether oxygens (including phenoxy) is 1. The highest BCUT2D eigenvalue weighted by atomic mass is 16.5. The van der Waals surface area contributed by atoms with Crippen molar-refractivity contribution in [1.82, 2.24) is 4.57 Å². The normalized spacial score (nSPS) is 11.2. The first-order valence-corrected chi connectivity index (χ1v) is 6.80. The van der Waals surface area contributed by atoms with Crippen LogP contribution in [0.2, 0.25) is 0 Å². The van der Waals surface area contributed by atoms with Crippen LogP contribution in [-0.4, -0.2) is 17.1 Å². The second-order valence-corrected chi connectivity index (χ2v) is 5.32. The van der Waals surface area contributed by atoms with Gasteiger partial charge in [-0.3, -0.25) is 0 Å². The molecule has 0 aliphatic rings. The summed E-state index contributed by atoms with van der Waals surface area (Å²) in [6.45, 7) is 9.41. The van der Waals surface area contributed by atoms with Crippen LogP contribution in [0.25, 0.3) is 10.9 Å². The zero-order valence-electron chi connectivity index (χ0n) is 12.1. The van der Waals surface area contributed by atoms with Crippen molar-refractivity contribution in [3.8, 4) is 0 Å². The van der Waals surface area contributed by atoms with Crippen LogP contribution in [-0.2, 0) is 11.3 Å². The van der Waals surface area contributed by atoms with E-state index in [2.05, 4.69) is 43.5 Å². The van der Waals surface area contributed by atoms with Gasteiger partial charge in [-0.25, -0.2) is 4.79 Å². The molecule has 1 aromatic carbocycles. The third kappa shape index (κ3) is 2.80. The van der Waals surface area contributed by atoms with E-state index >= 15 is 0 Å². The molecule has 102 valence electrons. The standard InChI is InChI=1S/C16H21NO2/c1-5-19-16(18)15-9-13-8-12(4)6-7-14(13)17(15)10-11(2)3/h6-9,11H,5,10H2,1-4H3. The van der Waals surface area contributed by atoms with E-state index in [1.807, 2.05) is 13.0 Å². The van der Waals surface area contributed by atoms with E-state index in [0.29, 0.717) is 18.2 Å². The van der Waals surface area contributed by atoms with E-state index in [0.717, 1.165) is 17.4 Å². The summed E-state index contributed by atoms with van der Waals surface area (Å²) in [5, 5.41) is 1.10. The molecule has 1 heterocycles. The van der Waals surface area contributed by atoms with Crippen molar-refractivity contribution in [3.05, 3.63) is 35.5 Å². The Morgan fingerprint density at radius 3 is 2.68 bits per heavy atom. The molecule has 0 radical (unpaired) electrons. The number of rotatable bonds is 4. The van der Waals surface area contributed by atoms with Gasteiger partial charge in [0.2, 0.25) is 0 Å². The lowest BCUT2D eigenvalue weighted by Crippen LogP contribution is -2.14. The molecule has 3 nitrogen and oxygen atoms in total. The van der Waals surface area contributed by atoms with E-state index in [4.69, 9.17) is 4.74 Å². The maximum absolute atomic E-state index is 12.1. The lowest BCUT2D eigenvalue weighted by atomic mass is 10.2. The van der Waals surface area contributed by atoms with Crippen LogP contribution in [0.4, 0.5) is 0 Å². The van der Waals surface area contributed by atoms with Gasteiger partial charge in [0.15, 0.2) is 0 Å². The molecule has 2 rings (SSSR count). The first kappa shape index (κ1) is 13.7. The van der Waals surface area contributed by atoms with Gasteiger partial charge in [-0.05, 0) is 38.0 Å². The van der Waals surface area contributed by atoms with Crippen molar-refractivity contribution < 1.29 is 9.53 Å². The largest absolute Gasteiger partial charge is 0.461 e. The summed E-state index contributed by atoms with van der Waals surface area (Å²) in [6, 6.07) is 8.20. The quantitative estimate of drug-likeness (QED) is 0.782. The molecule has 0 atom stereocenters. The first-order chi connectivity index (χ1) is 9.02. The van der Waals surface area contributed by atoms with Gasteiger partial charge in [-0.15, -0.1) is 0 Å². The molecule has 0 saturated carbocycles. The zero-order valence-corrected chi connectivity index (χ0v) is 12.1. The van der Waals surface area contributed by atoms with Gasteiger partial charge >= 0.3 is 5.97 Å². The number of aromatic nitrogens is 1. The third-order valence-electron chi connectivity index (χ3n) is 3.09. The van der Waals surface area contributed by atoms with Gasteiger partial charge in [0.05, 0.1) is 6.61 Å². The number of benzene rings is 1. The topological polar surface area (TPSA) is 31.2 Å². The monoisotopic (exact) mass is 259 g/mol. The Bertz CT molecular complexity index is 596. The Balaban J connectivity index is 2.57. The van der Waals surface area contributed by atoms with Gasteiger partial charge in [-0.1, -0.05) is 25.5 Å². The average Bonchev–Trinajstić information content (AvgIpc) is 2.67. The highest BCUT2D eigenvalue weighted by molar-refractivity contribution is 5.95. The van der Waals surface area contributed by atoms with Crippen LogP contribution in [0.15, 0.2) is 24.3 Å². The van der Waals surface area contributed by atoms with E-state index in [1.54, 1.807) is 0 Å². The predicted octanol–water partition coefficient (Wildman–Crippen LogP) is 3.78. The number of carbonyl (C=O) groups is 1. The van der Waals surface area contributed by atoms with Crippen molar-refractivity contribution in [2.45, 2.75) is 34.2 Å². The van der Waals surface area contributed by atoms with E-state index in [-0.39, 0.29) is 5.97 Å². The summed E-state index contributed by atoms with van der Waals surface area (Å²) in [4.78, 5) is 12.1. The van der Waals surface area contributed by atoms with E-state index < -0.39 is 0 Å². The summed E-state index contributed by atoms with van der Waals surface area (Å²) < 4.78 is 7.22. The maximum Gasteiger partial charge on any atom is 0.354 e. The highest BCUT2D eigenvalue weighted by Crippen LogP contribution is 2.23. The number of hydrogen-bond acceptors (Lipinski definition) is 2. The molecule has 0 unspecified atom stereocenters. The van der Waals surface area contributed by atoms with E-state index in [1.165, 1.54) is 5.56 Å². The van der Waals surface area contributed by atoms with Gasteiger partial charge in [0.1, 0.15) is 5.69 Å². The second-order valence-electron chi connectivity index (χ2n) is 5.32. The molecule has 0 saturated heterocycles. The molecule has 0 fully saturated rings. The second kappa shape index (κ2) is 5.47. The minimum absolute atomic E-state index is 0.239. The van der Waals surface area contributed by atoms with Gasteiger partial charge < -0.3 is 9.30 Å². The molecular weight excluding hydrogens is 238 g/mol. The molecule has 0 spiro atoms. The van der Waals surface area contributed by atoms with Crippen molar-refractivity contribution in [2.75, 3.05) is 6.61 Å². The fourth-order valence-electron chi connectivity index (χ4n) is 2.33. The number of esters is 1. The van der Waals surface area contributed by atoms with Gasteiger partial charge in [0.25, 0.3) is 0 Å². The minimum Gasteiger partial charge on any atom is -0.461 e. The summed E-state index contributed by atoms with van der Waals surface area (Å²) >= 11 is 0. The fourth-order valence-corrected chi connectivity index (χ4v) is 2.33. The molecule has 3 heteroatoms. The predicted molar refractivity (Wildman–Crippen MR) is 77.5 cm³/mol. The van der Waals surface area contributed by atoms with Crippen LogP contribution in [0.1, 0.15) is 36.8 Å². The molecule has 0 aliphatic carbocycles. The summed E-state index contributed by atoms with van der Waals surface area (Å²) in [5.41, 5.74) is 2.95.